The molecule has 2 heteroatoms. The van der Waals surface area contributed by atoms with Crippen molar-refractivity contribution in [3.05, 3.63) is 106 Å². The molecule has 3 aromatic carbocycles. The number of pyridine rings is 1. The van der Waals surface area contributed by atoms with Gasteiger partial charge in [0.25, 0.3) is 5.56 Å². The van der Waals surface area contributed by atoms with Gasteiger partial charge in [-0.2, -0.15) is 0 Å². The van der Waals surface area contributed by atoms with E-state index in [2.05, 4.69) is 49.4 Å². The number of nitrogens with zero attached hydrogens (tertiary/aromatic N) is 1. The highest BCUT2D eigenvalue weighted by atomic mass is 16.1. The van der Waals surface area contributed by atoms with E-state index in [1.807, 2.05) is 41.0 Å². The first-order valence-electron chi connectivity index (χ1n) is 8.46. The molecule has 122 valence electrons. The first kappa shape index (κ1) is 15.4. The molecule has 0 radical (unpaired) electrons. The Kier molecular flexibility index (Phi) is 3.95. The lowest BCUT2D eigenvalue weighted by molar-refractivity contribution is 0.795. The third-order valence-corrected chi connectivity index (χ3v) is 4.54. The summed E-state index contributed by atoms with van der Waals surface area (Å²) in [5, 5.41) is 1.11. The molecule has 0 spiro atoms. The first-order valence-corrected chi connectivity index (χ1v) is 8.46. The number of fused-ring (bicyclic) bond motifs is 1. The third kappa shape index (κ3) is 2.99. The fourth-order valence-electron chi connectivity index (χ4n) is 3.28. The molecule has 0 unspecified atom stereocenters. The van der Waals surface area contributed by atoms with Gasteiger partial charge in [0, 0.05) is 11.5 Å². The summed E-state index contributed by atoms with van der Waals surface area (Å²) < 4.78 is 1.86. The molecule has 0 aliphatic heterocycles. The highest BCUT2D eigenvalue weighted by molar-refractivity contribution is 5.95. The van der Waals surface area contributed by atoms with Gasteiger partial charge in [0.15, 0.2) is 0 Å². The lowest BCUT2D eigenvalue weighted by Gasteiger charge is -2.14. The van der Waals surface area contributed by atoms with E-state index in [0.717, 1.165) is 27.6 Å². The zero-order chi connectivity index (χ0) is 17.2. The van der Waals surface area contributed by atoms with Gasteiger partial charge in [0.2, 0.25) is 0 Å². The molecule has 1 heterocycles. The Balaban J connectivity index is 1.97. The van der Waals surface area contributed by atoms with E-state index < -0.39 is 0 Å². The topological polar surface area (TPSA) is 22.0 Å². The van der Waals surface area contributed by atoms with E-state index in [4.69, 9.17) is 0 Å². The smallest absolute Gasteiger partial charge is 0.251 e. The molecule has 2 nitrogen and oxygen atoms in total. The van der Waals surface area contributed by atoms with Crippen LogP contribution in [0.15, 0.2) is 89.7 Å². The average Bonchev–Trinajstić information content (AvgIpc) is 2.65. The van der Waals surface area contributed by atoms with E-state index in [0.29, 0.717) is 6.54 Å². The Morgan fingerprint density at radius 3 is 2.20 bits per heavy atom. The average molecular weight is 325 g/mol. The zero-order valence-electron chi connectivity index (χ0n) is 14.1. The van der Waals surface area contributed by atoms with Crippen LogP contribution in [0.5, 0.6) is 0 Å². The fourth-order valence-corrected chi connectivity index (χ4v) is 3.28. The maximum Gasteiger partial charge on any atom is 0.251 e. The second-order valence-corrected chi connectivity index (χ2v) is 6.35. The van der Waals surface area contributed by atoms with Crippen LogP contribution in [0, 0.1) is 6.92 Å². The van der Waals surface area contributed by atoms with Gasteiger partial charge < -0.3 is 4.57 Å². The van der Waals surface area contributed by atoms with E-state index in [1.165, 1.54) is 5.56 Å². The normalized spacial score (nSPS) is 10.9. The molecule has 0 saturated carbocycles. The third-order valence-electron chi connectivity index (χ3n) is 4.54. The van der Waals surface area contributed by atoms with Crippen molar-refractivity contribution in [2.45, 2.75) is 13.5 Å². The lowest BCUT2D eigenvalue weighted by Crippen LogP contribution is -2.20. The van der Waals surface area contributed by atoms with Crippen molar-refractivity contribution >= 4 is 10.9 Å². The van der Waals surface area contributed by atoms with Gasteiger partial charge in [0.05, 0.1) is 12.1 Å². The van der Waals surface area contributed by atoms with Crippen molar-refractivity contribution in [1.29, 1.82) is 0 Å². The van der Waals surface area contributed by atoms with Gasteiger partial charge in [-0.05, 0) is 35.7 Å². The second-order valence-electron chi connectivity index (χ2n) is 6.35. The quantitative estimate of drug-likeness (QED) is 0.518. The van der Waals surface area contributed by atoms with Gasteiger partial charge >= 0.3 is 0 Å². The summed E-state index contributed by atoms with van der Waals surface area (Å²) in [5.74, 6) is 0. The van der Waals surface area contributed by atoms with Gasteiger partial charge in [-0.15, -0.1) is 0 Å². The maximum atomic E-state index is 12.9. The van der Waals surface area contributed by atoms with E-state index in [-0.39, 0.29) is 5.56 Å². The molecule has 0 atom stereocenters. The highest BCUT2D eigenvalue weighted by Gasteiger charge is 2.11. The Labute approximate surface area is 147 Å². The van der Waals surface area contributed by atoms with Gasteiger partial charge in [-0.1, -0.05) is 72.3 Å². The van der Waals surface area contributed by atoms with Crippen molar-refractivity contribution in [2.75, 3.05) is 0 Å². The molecule has 4 aromatic rings. The summed E-state index contributed by atoms with van der Waals surface area (Å²) in [7, 11) is 0. The molecule has 25 heavy (non-hydrogen) atoms. The number of hydrogen-bond donors (Lipinski definition) is 0. The Bertz CT molecular complexity index is 1080. The fraction of sp³-hybridized carbons (Fsp3) is 0.0870. The molecule has 0 bridgehead atoms. The molecule has 0 aliphatic carbocycles. The Morgan fingerprint density at radius 1 is 0.800 bits per heavy atom. The summed E-state index contributed by atoms with van der Waals surface area (Å²) >= 11 is 0. The molecule has 0 fully saturated rings. The highest BCUT2D eigenvalue weighted by Crippen LogP contribution is 2.28. The van der Waals surface area contributed by atoms with Crippen LogP contribution in [0.3, 0.4) is 0 Å². The number of aromatic nitrogens is 1. The summed E-state index contributed by atoms with van der Waals surface area (Å²) in [6, 6.07) is 28.3. The minimum Gasteiger partial charge on any atom is -0.304 e. The van der Waals surface area contributed by atoms with Crippen LogP contribution in [0.2, 0.25) is 0 Å². The largest absolute Gasteiger partial charge is 0.304 e. The van der Waals surface area contributed by atoms with Crippen LogP contribution in [0.1, 0.15) is 11.1 Å². The molecular formula is C23H19NO. The monoisotopic (exact) mass is 325 g/mol. The van der Waals surface area contributed by atoms with Crippen molar-refractivity contribution in [3.8, 4) is 11.1 Å². The molecule has 0 aliphatic rings. The van der Waals surface area contributed by atoms with Crippen LogP contribution in [-0.2, 0) is 6.54 Å². The maximum absolute atomic E-state index is 12.9. The minimum absolute atomic E-state index is 0.0269. The van der Waals surface area contributed by atoms with Crippen molar-refractivity contribution in [3.63, 3.8) is 0 Å². The number of rotatable bonds is 3. The molecule has 1 aromatic heterocycles. The Hall–Kier alpha value is -3.13. The summed E-state index contributed by atoms with van der Waals surface area (Å²) in [4.78, 5) is 12.9. The molecule has 0 saturated heterocycles. The standard InChI is InChI=1S/C23H19NO/c1-17-12-13-22-21(14-17)20(19-10-6-3-7-11-19)15-23(25)24(22)16-18-8-4-2-5-9-18/h2-15H,16H2,1H3. The SMILES string of the molecule is Cc1ccc2c(c1)c(-c1ccccc1)cc(=O)n2Cc1ccccc1. The number of hydrogen-bond acceptors (Lipinski definition) is 1. The van der Waals surface area contributed by atoms with E-state index in [9.17, 15) is 4.79 Å². The van der Waals surface area contributed by atoms with Crippen LogP contribution in [0.4, 0.5) is 0 Å². The number of benzene rings is 3. The summed E-state index contributed by atoms with van der Waals surface area (Å²) in [6.07, 6.45) is 0. The molecule has 0 amide bonds. The molecule has 0 N–H and O–H groups in total. The lowest BCUT2D eigenvalue weighted by atomic mass is 9.99. The van der Waals surface area contributed by atoms with Crippen molar-refractivity contribution in [1.82, 2.24) is 4.57 Å². The van der Waals surface area contributed by atoms with Gasteiger partial charge in [0.1, 0.15) is 0 Å². The Morgan fingerprint density at radius 2 is 1.48 bits per heavy atom. The van der Waals surface area contributed by atoms with E-state index >= 15 is 0 Å². The predicted octanol–water partition coefficient (Wildman–Crippen LogP) is 5.03. The van der Waals surface area contributed by atoms with Crippen molar-refractivity contribution in [2.24, 2.45) is 0 Å². The van der Waals surface area contributed by atoms with Crippen LogP contribution < -0.4 is 5.56 Å². The van der Waals surface area contributed by atoms with Crippen LogP contribution >= 0.6 is 0 Å². The van der Waals surface area contributed by atoms with Crippen LogP contribution in [0.25, 0.3) is 22.0 Å². The zero-order valence-corrected chi connectivity index (χ0v) is 14.1. The van der Waals surface area contributed by atoms with Crippen molar-refractivity contribution < 1.29 is 0 Å². The van der Waals surface area contributed by atoms with E-state index in [1.54, 1.807) is 6.07 Å². The summed E-state index contributed by atoms with van der Waals surface area (Å²) in [6.45, 7) is 2.66. The molecule has 4 rings (SSSR count). The van der Waals surface area contributed by atoms with Gasteiger partial charge in [-0.25, -0.2) is 0 Å². The van der Waals surface area contributed by atoms with Gasteiger partial charge in [-0.3, -0.25) is 4.79 Å². The second kappa shape index (κ2) is 6.40. The minimum atomic E-state index is 0.0269. The van der Waals surface area contributed by atoms with Crippen LogP contribution in [-0.4, -0.2) is 4.57 Å². The number of aryl methyl sites for hydroxylation is 1. The predicted molar refractivity (Wildman–Crippen MR) is 104 cm³/mol. The summed E-state index contributed by atoms with van der Waals surface area (Å²) in [5.41, 5.74) is 5.38. The first-order chi connectivity index (χ1) is 12.2. The molecular weight excluding hydrogens is 306 g/mol.